The molecule has 0 saturated carbocycles. The maximum absolute atomic E-state index is 12.0. The number of aromatic nitrogens is 4. The molecule has 1 N–H and O–H groups in total. The van der Waals surface area contributed by atoms with Crippen LogP contribution >= 0.6 is 11.3 Å². The van der Waals surface area contributed by atoms with Crippen molar-refractivity contribution in [3.63, 3.8) is 0 Å². The van der Waals surface area contributed by atoms with Gasteiger partial charge in [-0.3, -0.25) is 9.78 Å². The SMILES string of the molecule is O=C(CCc1nc(-c2ccncc2)no1)Nc1nc2c(s1)CCC2. The minimum absolute atomic E-state index is 0.0916. The van der Waals surface area contributed by atoms with Gasteiger partial charge < -0.3 is 9.84 Å². The number of anilines is 1. The van der Waals surface area contributed by atoms with E-state index in [2.05, 4.69) is 25.4 Å². The summed E-state index contributed by atoms with van der Waals surface area (Å²) in [6.45, 7) is 0. The molecule has 4 rings (SSSR count). The molecule has 24 heavy (non-hydrogen) atoms. The second-order valence-corrected chi connectivity index (χ2v) is 6.62. The van der Waals surface area contributed by atoms with Crippen molar-refractivity contribution in [1.82, 2.24) is 20.1 Å². The Hall–Kier alpha value is -2.61. The molecule has 0 bridgehead atoms. The predicted molar refractivity (Wildman–Crippen MR) is 88.6 cm³/mol. The van der Waals surface area contributed by atoms with Crippen molar-refractivity contribution in [2.24, 2.45) is 0 Å². The average molecular weight is 341 g/mol. The van der Waals surface area contributed by atoms with E-state index in [1.165, 1.54) is 11.3 Å². The van der Waals surface area contributed by atoms with E-state index < -0.39 is 0 Å². The molecule has 0 unspecified atom stereocenters. The summed E-state index contributed by atoms with van der Waals surface area (Å²) in [6, 6.07) is 3.62. The third-order valence-corrected chi connectivity index (χ3v) is 4.89. The van der Waals surface area contributed by atoms with Crippen LogP contribution in [0.2, 0.25) is 0 Å². The van der Waals surface area contributed by atoms with Crippen molar-refractivity contribution in [3.05, 3.63) is 41.0 Å². The fourth-order valence-electron chi connectivity index (χ4n) is 2.62. The first-order chi connectivity index (χ1) is 11.8. The fraction of sp³-hybridized carbons (Fsp3) is 0.312. The van der Waals surface area contributed by atoms with Crippen molar-refractivity contribution >= 4 is 22.4 Å². The Kier molecular flexibility index (Phi) is 4.04. The van der Waals surface area contributed by atoms with E-state index in [1.807, 2.05) is 12.1 Å². The van der Waals surface area contributed by atoms with Gasteiger partial charge in [0.15, 0.2) is 5.13 Å². The molecule has 0 aromatic carbocycles. The topological polar surface area (TPSA) is 93.8 Å². The summed E-state index contributed by atoms with van der Waals surface area (Å²) in [6.07, 6.45) is 7.27. The Morgan fingerprint density at radius 1 is 1.25 bits per heavy atom. The van der Waals surface area contributed by atoms with Crippen LogP contribution in [0.15, 0.2) is 29.0 Å². The van der Waals surface area contributed by atoms with E-state index in [0.717, 1.165) is 24.1 Å². The van der Waals surface area contributed by atoms with E-state index in [-0.39, 0.29) is 12.3 Å². The van der Waals surface area contributed by atoms with Crippen molar-refractivity contribution < 1.29 is 9.32 Å². The summed E-state index contributed by atoms with van der Waals surface area (Å²) in [7, 11) is 0. The van der Waals surface area contributed by atoms with Gasteiger partial charge in [0.2, 0.25) is 17.6 Å². The summed E-state index contributed by atoms with van der Waals surface area (Å²) in [5.41, 5.74) is 1.97. The first-order valence-corrected chi connectivity index (χ1v) is 8.61. The third kappa shape index (κ3) is 3.18. The molecule has 0 spiro atoms. The maximum atomic E-state index is 12.0. The molecule has 0 saturated heterocycles. The zero-order valence-electron chi connectivity index (χ0n) is 12.9. The van der Waals surface area contributed by atoms with Gasteiger partial charge in [-0.2, -0.15) is 4.98 Å². The lowest BCUT2D eigenvalue weighted by Crippen LogP contribution is -2.12. The molecule has 0 fully saturated rings. The molecular weight excluding hydrogens is 326 g/mol. The Morgan fingerprint density at radius 2 is 2.12 bits per heavy atom. The van der Waals surface area contributed by atoms with E-state index in [1.54, 1.807) is 23.7 Å². The van der Waals surface area contributed by atoms with Crippen LogP contribution in [0.5, 0.6) is 0 Å². The number of carbonyl (C=O) groups excluding carboxylic acids is 1. The molecule has 7 nitrogen and oxygen atoms in total. The van der Waals surface area contributed by atoms with Gasteiger partial charge >= 0.3 is 0 Å². The average Bonchev–Trinajstić information content (AvgIpc) is 3.29. The zero-order chi connectivity index (χ0) is 16.4. The van der Waals surface area contributed by atoms with Crippen LogP contribution in [0.25, 0.3) is 11.4 Å². The Balaban J connectivity index is 1.33. The van der Waals surface area contributed by atoms with Crippen LogP contribution in [0.4, 0.5) is 5.13 Å². The van der Waals surface area contributed by atoms with Gasteiger partial charge in [0.1, 0.15) is 0 Å². The van der Waals surface area contributed by atoms with Gasteiger partial charge in [-0.25, -0.2) is 4.98 Å². The summed E-state index contributed by atoms with van der Waals surface area (Å²) in [5, 5.41) is 7.46. The first kappa shape index (κ1) is 14.9. The number of fused-ring (bicyclic) bond motifs is 1. The summed E-state index contributed by atoms with van der Waals surface area (Å²) < 4.78 is 5.19. The van der Waals surface area contributed by atoms with Crippen LogP contribution < -0.4 is 5.32 Å². The quantitative estimate of drug-likeness (QED) is 0.767. The Bertz CT molecular complexity index is 837. The fourth-order valence-corrected chi connectivity index (χ4v) is 3.69. The lowest BCUT2D eigenvalue weighted by atomic mass is 10.2. The number of thiazole rings is 1. The van der Waals surface area contributed by atoms with Crippen LogP contribution in [0, 0.1) is 0 Å². The lowest BCUT2D eigenvalue weighted by Gasteiger charge is -1.99. The molecular formula is C16H15N5O2S. The lowest BCUT2D eigenvalue weighted by molar-refractivity contribution is -0.116. The number of amides is 1. The molecule has 8 heteroatoms. The molecule has 1 aliphatic carbocycles. The number of carbonyl (C=O) groups is 1. The monoisotopic (exact) mass is 341 g/mol. The highest BCUT2D eigenvalue weighted by Gasteiger charge is 2.18. The number of nitrogens with one attached hydrogen (secondary N) is 1. The molecule has 3 heterocycles. The molecule has 3 aromatic heterocycles. The van der Waals surface area contributed by atoms with E-state index in [9.17, 15) is 4.79 Å². The number of aryl methyl sites for hydroxylation is 3. The smallest absolute Gasteiger partial charge is 0.227 e. The predicted octanol–water partition coefficient (Wildman–Crippen LogP) is 2.65. The molecule has 3 aromatic rings. The number of nitrogens with zero attached hydrogens (tertiary/aromatic N) is 4. The summed E-state index contributed by atoms with van der Waals surface area (Å²) in [5.74, 6) is 0.855. The van der Waals surface area contributed by atoms with Crippen molar-refractivity contribution in [3.8, 4) is 11.4 Å². The number of pyridine rings is 1. The zero-order valence-corrected chi connectivity index (χ0v) is 13.7. The minimum Gasteiger partial charge on any atom is -0.339 e. The maximum Gasteiger partial charge on any atom is 0.227 e. The Morgan fingerprint density at radius 3 is 2.96 bits per heavy atom. The number of hydrogen-bond acceptors (Lipinski definition) is 7. The second kappa shape index (κ2) is 6.48. The highest BCUT2D eigenvalue weighted by molar-refractivity contribution is 7.15. The minimum atomic E-state index is -0.0916. The first-order valence-electron chi connectivity index (χ1n) is 7.79. The third-order valence-electron chi connectivity index (χ3n) is 3.81. The van der Waals surface area contributed by atoms with Gasteiger partial charge in [0.05, 0.1) is 5.69 Å². The largest absolute Gasteiger partial charge is 0.339 e. The normalized spacial score (nSPS) is 13.0. The number of hydrogen-bond donors (Lipinski definition) is 1. The van der Waals surface area contributed by atoms with Gasteiger partial charge in [-0.15, -0.1) is 11.3 Å². The van der Waals surface area contributed by atoms with Crippen LogP contribution in [0.3, 0.4) is 0 Å². The van der Waals surface area contributed by atoms with Crippen molar-refractivity contribution in [2.75, 3.05) is 5.32 Å². The van der Waals surface area contributed by atoms with E-state index in [0.29, 0.717) is 23.3 Å². The molecule has 0 atom stereocenters. The standard InChI is InChI=1S/C16H15N5O2S/c22-13(19-16-18-11-2-1-3-12(11)24-16)4-5-14-20-15(21-23-14)10-6-8-17-9-7-10/h6-9H,1-5H2,(H,18,19,22). The van der Waals surface area contributed by atoms with E-state index in [4.69, 9.17) is 4.52 Å². The molecule has 122 valence electrons. The molecule has 1 amide bonds. The van der Waals surface area contributed by atoms with Gasteiger partial charge in [-0.05, 0) is 31.4 Å². The number of rotatable bonds is 5. The van der Waals surface area contributed by atoms with Gasteiger partial charge in [0, 0.05) is 35.7 Å². The highest BCUT2D eigenvalue weighted by Crippen LogP contribution is 2.30. The highest BCUT2D eigenvalue weighted by atomic mass is 32.1. The van der Waals surface area contributed by atoms with Crippen LogP contribution in [-0.2, 0) is 24.1 Å². The van der Waals surface area contributed by atoms with E-state index >= 15 is 0 Å². The Labute approximate surface area is 142 Å². The summed E-state index contributed by atoms with van der Waals surface area (Å²) >= 11 is 1.57. The van der Waals surface area contributed by atoms with Crippen LogP contribution in [-0.4, -0.2) is 26.0 Å². The van der Waals surface area contributed by atoms with Gasteiger partial charge in [-0.1, -0.05) is 5.16 Å². The summed E-state index contributed by atoms with van der Waals surface area (Å²) in [4.78, 5) is 26.1. The van der Waals surface area contributed by atoms with Crippen molar-refractivity contribution in [2.45, 2.75) is 32.1 Å². The molecule has 0 radical (unpaired) electrons. The molecule has 0 aliphatic heterocycles. The van der Waals surface area contributed by atoms with Crippen molar-refractivity contribution in [1.29, 1.82) is 0 Å². The van der Waals surface area contributed by atoms with Crippen LogP contribution in [0.1, 0.15) is 29.3 Å². The second-order valence-electron chi connectivity index (χ2n) is 5.54. The van der Waals surface area contributed by atoms with Gasteiger partial charge in [0.25, 0.3) is 0 Å². The molecule has 1 aliphatic rings.